The molecule has 104 valence electrons. The second-order valence-corrected chi connectivity index (χ2v) is 7.52. The topological polar surface area (TPSA) is 30.5 Å². The van der Waals surface area contributed by atoms with E-state index in [9.17, 15) is 0 Å². The van der Waals surface area contributed by atoms with Crippen LogP contribution in [-0.2, 0) is 0 Å². The van der Waals surface area contributed by atoms with Crippen molar-refractivity contribution < 1.29 is 0 Å². The van der Waals surface area contributed by atoms with E-state index in [-0.39, 0.29) is 3.55 Å². The molecule has 0 amide bonds. The maximum absolute atomic E-state index is 3.22. The Hall–Kier alpha value is 0.570. The second-order valence-electron chi connectivity index (χ2n) is 4.88. The molecule has 2 N–H and O–H groups in total. The fourth-order valence-corrected chi connectivity index (χ4v) is 1.67. The molecule has 0 aromatic carbocycles. The van der Waals surface area contributed by atoms with Crippen LogP contribution < -0.4 is 10.6 Å². The van der Waals surface area contributed by atoms with Gasteiger partial charge in [-0.2, -0.15) is 0 Å². The lowest BCUT2D eigenvalue weighted by Crippen LogP contribution is -2.43. The number of alkyl halides is 1. The molecule has 4 nitrogen and oxygen atoms in total. The van der Waals surface area contributed by atoms with Crippen LogP contribution >= 0.6 is 22.6 Å². The molecule has 0 bridgehead atoms. The quantitative estimate of drug-likeness (QED) is 0.345. The van der Waals surface area contributed by atoms with Gasteiger partial charge in [-0.25, -0.2) is 0 Å². The maximum Gasteiger partial charge on any atom is 0.0671 e. The molecule has 0 aliphatic rings. The molecular weight excluding hydrogens is 327 g/mol. The summed E-state index contributed by atoms with van der Waals surface area (Å²) in [5, 5.41) is 6.43. The monoisotopic (exact) mass is 356 g/mol. The highest BCUT2D eigenvalue weighted by Gasteiger charge is 2.19. The molecule has 0 radical (unpaired) electrons. The molecule has 0 unspecified atom stereocenters. The average molecular weight is 356 g/mol. The smallest absolute Gasteiger partial charge is 0.0671 e. The van der Waals surface area contributed by atoms with Crippen molar-refractivity contribution in [3.05, 3.63) is 0 Å². The van der Waals surface area contributed by atoms with Crippen molar-refractivity contribution in [2.75, 3.05) is 60.4 Å². The third-order valence-electron chi connectivity index (χ3n) is 3.02. The van der Waals surface area contributed by atoms with Crippen molar-refractivity contribution in [3.63, 3.8) is 0 Å². The molecule has 0 spiro atoms. The van der Waals surface area contributed by atoms with E-state index in [2.05, 4.69) is 63.9 Å². The predicted octanol–water partition coefficient (Wildman–Crippen LogP) is 0.830. The van der Waals surface area contributed by atoms with E-state index in [0.717, 1.165) is 39.3 Å². The molecule has 5 heteroatoms. The highest BCUT2D eigenvalue weighted by Crippen LogP contribution is 2.19. The van der Waals surface area contributed by atoms with Gasteiger partial charge in [0.15, 0.2) is 0 Å². The number of nitrogens with one attached hydrogen (secondary N) is 2. The number of hydrogen-bond donors (Lipinski definition) is 2. The van der Waals surface area contributed by atoms with Crippen molar-refractivity contribution >= 4 is 22.6 Å². The Balaban J connectivity index is 3.96. The first-order chi connectivity index (χ1) is 7.91. The fourth-order valence-electron chi connectivity index (χ4n) is 1.43. The minimum absolute atomic E-state index is 0.232. The average Bonchev–Trinajstić information content (AvgIpc) is 2.26. The molecule has 0 saturated heterocycles. The van der Waals surface area contributed by atoms with E-state index in [4.69, 9.17) is 0 Å². The highest BCUT2D eigenvalue weighted by molar-refractivity contribution is 14.1. The van der Waals surface area contributed by atoms with Crippen molar-refractivity contribution in [2.24, 2.45) is 0 Å². The Morgan fingerprint density at radius 3 is 1.76 bits per heavy atom. The van der Waals surface area contributed by atoms with Gasteiger partial charge in [0.2, 0.25) is 0 Å². The normalized spacial score (nSPS) is 12.7. The van der Waals surface area contributed by atoms with Crippen LogP contribution in [0.5, 0.6) is 0 Å². The third-order valence-corrected chi connectivity index (χ3v) is 3.84. The Bertz CT molecular complexity index is 174. The van der Waals surface area contributed by atoms with Gasteiger partial charge in [-0.1, -0.05) is 22.6 Å². The maximum atomic E-state index is 3.22. The first-order valence-electron chi connectivity index (χ1n) is 6.33. The van der Waals surface area contributed by atoms with Crippen LogP contribution in [0.25, 0.3) is 0 Å². The Labute approximate surface area is 121 Å². The second kappa shape index (κ2) is 9.49. The first kappa shape index (κ1) is 17.6. The van der Waals surface area contributed by atoms with E-state index < -0.39 is 0 Å². The predicted molar refractivity (Wildman–Crippen MR) is 85.0 cm³/mol. The summed E-state index contributed by atoms with van der Waals surface area (Å²) in [6.07, 6.45) is 0. The van der Waals surface area contributed by atoms with Crippen LogP contribution in [0.3, 0.4) is 0 Å². The Kier molecular flexibility index (Phi) is 9.81. The summed E-state index contributed by atoms with van der Waals surface area (Å²) in [4.78, 5) is 4.91. The molecule has 0 atom stereocenters. The highest BCUT2D eigenvalue weighted by atomic mass is 127. The summed E-state index contributed by atoms with van der Waals surface area (Å²) >= 11 is 2.49. The van der Waals surface area contributed by atoms with Crippen LogP contribution in [-0.4, -0.2) is 73.8 Å². The zero-order valence-electron chi connectivity index (χ0n) is 12.0. The summed E-state index contributed by atoms with van der Waals surface area (Å²) < 4.78 is 0.232. The van der Waals surface area contributed by atoms with Gasteiger partial charge in [0.25, 0.3) is 0 Å². The minimum Gasteiger partial charge on any atom is -0.318 e. The summed E-state index contributed by atoms with van der Waals surface area (Å²) in [7, 11) is 6.22. The molecule has 17 heavy (non-hydrogen) atoms. The molecule has 0 aliphatic carbocycles. The molecular formula is C12H29IN4. The molecule has 0 aromatic rings. The third kappa shape index (κ3) is 9.18. The molecule has 0 fully saturated rings. The number of likely N-dealkylation sites (N-methyl/N-ethyl adjacent to an activating group) is 3. The Morgan fingerprint density at radius 2 is 1.41 bits per heavy atom. The van der Waals surface area contributed by atoms with Crippen LogP contribution in [0.4, 0.5) is 0 Å². The van der Waals surface area contributed by atoms with E-state index in [0.29, 0.717) is 0 Å². The van der Waals surface area contributed by atoms with Crippen molar-refractivity contribution in [3.8, 4) is 0 Å². The molecule has 0 aromatic heterocycles. The Morgan fingerprint density at radius 1 is 0.941 bits per heavy atom. The van der Waals surface area contributed by atoms with Gasteiger partial charge < -0.3 is 10.6 Å². The number of nitrogens with zero attached hydrogens (tertiary/aromatic N) is 2. The van der Waals surface area contributed by atoms with Gasteiger partial charge in [0, 0.05) is 39.3 Å². The zero-order valence-corrected chi connectivity index (χ0v) is 14.2. The molecule has 0 heterocycles. The summed E-state index contributed by atoms with van der Waals surface area (Å²) in [5.41, 5.74) is 0. The molecule has 0 rings (SSSR count). The van der Waals surface area contributed by atoms with Crippen molar-refractivity contribution in [2.45, 2.75) is 17.4 Å². The lowest BCUT2D eigenvalue weighted by molar-refractivity contribution is 0.197. The van der Waals surface area contributed by atoms with E-state index >= 15 is 0 Å². The van der Waals surface area contributed by atoms with Gasteiger partial charge >= 0.3 is 0 Å². The largest absolute Gasteiger partial charge is 0.318 e. The number of rotatable bonds is 10. The van der Waals surface area contributed by atoms with Crippen molar-refractivity contribution in [1.29, 1.82) is 0 Å². The van der Waals surface area contributed by atoms with Crippen molar-refractivity contribution in [1.82, 2.24) is 20.4 Å². The van der Waals surface area contributed by atoms with E-state index in [1.54, 1.807) is 0 Å². The van der Waals surface area contributed by atoms with Crippen LogP contribution in [0.1, 0.15) is 13.8 Å². The first-order valence-corrected chi connectivity index (χ1v) is 7.41. The van der Waals surface area contributed by atoms with Crippen LogP contribution in [0, 0.1) is 0 Å². The van der Waals surface area contributed by atoms with E-state index in [1.165, 1.54) is 0 Å². The van der Waals surface area contributed by atoms with Gasteiger partial charge in [0.1, 0.15) is 0 Å². The number of halogens is 1. The zero-order chi connectivity index (χ0) is 13.3. The molecule has 0 saturated carbocycles. The summed E-state index contributed by atoms with van der Waals surface area (Å²) in [6, 6.07) is 0. The minimum atomic E-state index is 0.232. The lowest BCUT2D eigenvalue weighted by Gasteiger charge is -2.32. The molecule has 0 aliphatic heterocycles. The van der Waals surface area contributed by atoms with Gasteiger partial charge in [-0.15, -0.1) is 0 Å². The summed E-state index contributed by atoms with van der Waals surface area (Å²) in [5.74, 6) is 0. The van der Waals surface area contributed by atoms with Gasteiger partial charge in [-0.05, 0) is 35.0 Å². The van der Waals surface area contributed by atoms with Crippen LogP contribution in [0.2, 0.25) is 0 Å². The van der Waals surface area contributed by atoms with Crippen LogP contribution in [0.15, 0.2) is 0 Å². The SMILES string of the molecule is CNCCN(CCNC)CCN(C)C(C)(C)I. The lowest BCUT2D eigenvalue weighted by atomic mass is 10.3. The van der Waals surface area contributed by atoms with Gasteiger partial charge in [0.05, 0.1) is 3.55 Å². The van der Waals surface area contributed by atoms with Gasteiger partial charge in [-0.3, -0.25) is 9.80 Å². The standard InChI is InChI=1S/C12H29IN4/c1-12(2,13)16(5)10-11-17(8-6-14-3)9-7-15-4/h14-15H,6-11H2,1-5H3. The fraction of sp³-hybridized carbons (Fsp3) is 1.00. The van der Waals surface area contributed by atoms with E-state index in [1.807, 2.05) is 14.1 Å². The number of hydrogen-bond acceptors (Lipinski definition) is 4. The summed E-state index contributed by atoms with van der Waals surface area (Å²) in [6.45, 7) is 11.1.